The summed E-state index contributed by atoms with van der Waals surface area (Å²) in [5, 5.41) is 4.23. The Labute approximate surface area is 132 Å². The van der Waals surface area contributed by atoms with E-state index in [1.54, 1.807) is 0 Å². The van der Waals surface area contributed by atoms with E-state index in [0.717, 1.165) is 29.3 Å². The van der Waals surface area contributed by atoms with Gasteiger partial charge in [0, 0.05) is 23.2 Å². The van der Waals surface area contributed by atoms with Crippen molar-refractivity contribution < 1.29 is 4.74 Å². The van der Waals surface area contributed by atoms with Crippen LogP contribution in [-0.4, -0.2) is 6.04 Å². The summed E-state index contributed by atoms with van der Waals surface area (Å²) >= 11 is 5.99. The van der Waals surface area contributed by atoms with Gasteiger partial charge < -0.3 is 10.1 Å². The Balaban J connectivity index is 1.99. The largest absolute Gasteiger partial charge is 0.489 e. The number of halogens is 1. The topological polar surface area (TPSA) is 21.3 Å². The fraction of sp³-hybridized carbons (Fsp3) is 0.333. The Morgan fingerprint density at radius 1 is 1.14 bits per heavy atom. The van der Waals surface area contributed by atoms with Gasteiger partial charge >= 0.3 is 0 Å². The first kappa shape index (κ1) is 15.9. The molecule has 0 aliphatic heterocycles. The molecule has 2 rings (SSSR count). The summed E-state index contributed by atoms with van der Waals surface area (Å²) in [6.07, 6.45) is 1.12. The van der Waals surface area contributed by atoms with Crippen molar-refractivity contribution >= 4 is 11.6 Å². The first-order chi connectivity index (χ1) is 10.2. The lowest BCUT2D eigenvalue weighted by Crippen LogP contribution is -2.24. The molecule has 0 aromatic heterocycles. The molecule has 0 unspecified atom stereocenters. The van der Waals surface area contributed by atoms with Gasteiger partial charge in [0.05, 0.1) is 0 Å². The molecule has 0 aliphatic rings. The molecule has 2 nitrogen and oxygen atoms in total. The quantitative estimate of drug-likeness (QED) is 0.793. The Hall–Kier alpha value is -1.51. The summed E-state index contributed by atoms with van der Waals surface area (Å²) in [6.45, 7) is 5.72. The average Bonchev–Trinajstić information content (AvgIpc) is 2.51. The van der Waals surface area contributed by atoms with Crippen LogP contribution in [0.4, 0.5) is 0 Å². The molecule has 0 heterocycles. The van der Waals surface area contributed by atoms with Gasteiger partial charge in [-0.1, -0.05) is 48.9 Å². The second kappa shape index (κ2) is 8.06. The summed E-state index contributed by atoms with van der Waals surface area (Å²) in [5.41, 5.74) is 2.26. The van der Waals surface area contributed by atoms with Crippen molar-refractivity contribution in [2.45, 2.75) is 39.5 Å². The second-order valence-electron chi connectivity index (χ2n) is 5.22. The molecule has 1 atom stereocenters. The van der Waals surface area contributed by atoms with Gasteiger partial charge in [0.25, 0.3) is 0 Å². The molecule has 0 radical (unpaired) electrons. The number of para-hydroxylation sites is 1. The highest BCUT2D eigenvalue weighted by atomic mass is 35.5. The Morgan fingerprint density at radius 3 is 2.71 bits per heavy atom. The number of rotatable bonds is 7. The minimum absolute atomic E-state index is 0.506. The standard InChI is InChI=1S/C18H22ClNO/c1-3-14(2)20-12-16-8-4-5-10-18(16)21-13-15-7-6-9-17(19)11-15/h4-11,14,20H,3,12-13H2,1-2H3/t14-/m0/s1. The van der Waals surface area contributed by atoms with Crippen LogP contribution in [0.5, 0.6) is 5.75 Å². The number of hydrogen-bond donors (Lipinski definition) is 1. The highest BCUT2D eigenvalue weighted by Crippen LogP contribution is 2.20. The van der Waals surface area contributed by atoms with E-state index < -0.39 is 0 Å². The van der Waals surface area contributed by atoms with Gasteiger partial charge in [0.15, 0.2) is 0 Å². The van der Waals surface area contributed by atoms with Crippen LogP contribution in [0.25, 0.3) is 0 Å². The summed E-state index contributed by atoms with van der Waals surface area (Å²) in [4.78, 5) is 0. The molecule has 0 fully saturated rings. The zero-order valence-electron chi connectivity index (χ0n) is 12.6. The third kappa shape index (κ3) is 5.07. The monoisotopic (exact) mass is 303 g/mol. The van der Waals surface area contributed by atoms with Crippen molar-refractivity contribution in [1.29, 1.82) is 0 Å². The Morgan fingerprint density at radius 2 is 1.95 bits per heavy atom. The van der Waals surface area contributed by atoms with Crippen LogP contribution in [0.1, 0.15) is 31.4 Å². The lowest BCUT2D eigenvalue weighted by atomic mass is 10.1. The van der Waals surface area contributed by atoms with Gasteiger partial charge in [0.1, 0.15) is 12.4 Å². The predicted molar refractivity (Wildman–Crippen MR) is 88.8 cm³/mol. The lowest BCUT2D eigenvalue weighted by Gasteiger charge is -2.15. The number of hydrogen-bond acceptors (Lipinski definition) is 2. The molecule has 3 heteroatoms. The van der Waals surface area contributed by atoms with Crippen molar-refractivity contribution in [3.8, 4) is 5.75 Å². The number of ether oxygens (including phenoxy) is 1. The maximum absolute atomic E-state index is 5.99. The van der Waals surface area contributed by atoms with Crippen LogP contribution in [0.3, 0.4) is 0 Å². The maximum Gasteiger partial charge on any atom is 0.124 e. The lowest BCUT2D eigenvalue weighted by molar-refractivity contribution is 0.301. The molecule has 112 valence electrons. The van der Waals surface area contributed by atoms with E-state index in [1.165, 1.54) is 5.56 Å². The maximum atomic E-state index is 5.99. The highest BCUT2D eigenvalue weighted by Gasteiger charge is 2.05. The van der Waals surface area contributed by atoms with Crippen LogP contribution >= 0.6 is 11.6 Å². The molecule has 0 bridgehead atoms. The van der Waals surface area contributed by atoms with E-state index >= 15 is 0 Å². The van der Waals surface area contributed by atoms with Gasteiger partial charge in [-0.05, 0) is 37.1 Å². The van der Waals surface area contributed by atoms with Crippen molar-refractivity contribution in [2.75, 3.05) is 0 Å². The first-order valence-corrected chi connectivity index (χ1v) is 7.75. The van der Waals surface area contributed by atoms with E-state index in [-0.39, 0.29) is 0 Å². The van der Waals surface area contributed by atoms with E-state index in [0.29, 0.717) is 12.6 Å². The van der Waals surface area contributed by atoms with E-state index in [2.05, 4.69) is 25.2 Å². The Bertz CT molecular complexity index is 571. The molecule has 0 spiro atoms. The van der Waals surface area contributed by atoms with Crippen molar-refractivity contribution in [3.05, 3.63) is 64.7 Å². The van der Waals surface area contributed by atoms with Gasteiger partial charge in [0.2, 0.25) is 0 Å². The van der Waals surface area contributed by atoms with E-state index in [1.807, 2.05) is 42.5 Å². The third-order valence-corrected chi connectivity index (χ3v) is 3.74. The summed E-state index contributed by atoms with van der Waals surface area (Å²) in [5.74, 6) is 0.924. The molecule has 0 aliphatic carbocycles. The van der Waals surface area contributed by atoms with Crippen LogP contribution in [0.2, 0.25) is 5.02 Å². The van der Waals surface area contributed by atoms with Crippen molar-refractivity contribution in [2.24, 2.45) is 0 Å². The van der Waals surface area contributed by atoms with Gasteiger partial charge in [-0.3, -0.25) is 0 Å². The molecule has 1 N–H and O–H groups in total. The third-order valence-electron chi connectivity index (χ3n) is 3.51. The minimum atomic E-state index is 0.506. The van der Waals surface area contributed by atoms with E-state index in [9.17, 15) is 0 Å². The van der Waals surface area contributed by atoms with E-state index in [4.69, 9.17) is 16.3 Å². The number of nitrogens with one attached hydrogen (secondary N) is 1. The molecule has 0 saturated carbocycles. The zero-order chi connectivity index (χ0) is 15.1. The normalized spacial score (nSPS) is 12.1. The van der Waals surface area contributed by atoms with Crippen LogP contribution < -0.4 is 10.1 Å². The SMILES string of the molecule is CC[C@H](C)NCc1ccccc1OCc1cccc(Cl)c1. The molecule has 0 saturated heterocycles. The van der Waals surface area contributed by atoms with Crippen LogP contribution in [0.15, 0.2) is 48.5 Å². The van der Waals surface area contributed by atoms with Crippen molar-refractivity contribution in [1.82, 2.24) is 5.32 Å². The fourth-order valence-electron chi connectivity index (χ4n) is 2.01. The van der Waals surface area contributed by atoms with Gasteiger partial charge in [-0.15, -0.1) is 0 Å². The zero-order valence-corrected chi connectivity index (χ0v) is 13.4. The van der Waals surface area contributed by atoms with Crippen LogP contribution in [-0.2, 0) is 13.2 Å². The summed E-state index contributed by atoms with van der Waals surface area (Å²) in [7, 11) is 0. The highest BCUT2D eigenvalue weighted by molar-refractivity contribution is 6.30. The van der Waals surface area contributed by atoms with Gasteiger partial charge in [-0.2, -0.15) is 0 Å². The second-order valence-corrected chi connectivity index (χ2v) is 5.65. The molecule has 2 aromatic carbocycles. The molecule has 21 heavy (non-hydrogen) atoms. The fourth-order valence-corrected chi connectivity index (χ4v) is 2.22. The molecule has 2 aromatic rings. The Kier molecular flexibility index (Phi) is 6.09. The summed E-state index contributed by atoms with van der Waals surface area (Å²) in [6, 6.07) is 16.4. The van der Waals surface area contributed by atoms with Crippen LogP contribution in [0, 0.1) is 0 Å². The smallest absolute Gasteiger partial charge is 0.124 e. The summed E-state index contributed by atoms with van der Waals surface area (Å²) < 4.78 is 5.95. The van der Waals surface area contributed by atoms with Gasteiger partial charge in [-0.25, -0.2) is 0 Å². The minimum Gasteiger partial charge on any atom is -0.489 e. The molecular formula is C18H22ClNO. The average molecular weight is 304 g/mol. The van der Waals surface area contributed by atoms with Crippen molar-refractivity contribution in [3.63, 3.8) is 0 Å². The number of benzene rings is 2. The predicted octanol–water partition coefficient (Wildman–Crippen LogP) is 4.81. The first-order valence-electron chi connectivity index (χ1n) is 7.37. The molecule has 0 amide bonds. The molecular weight excluding hydrogens is 282 g/mol.